The number of nitrogens with one attached hydrogen (secondary N) is 1. The van der Waals surface area contributed by atoms with Crippen LogP contribution in [-0.4, -0.2) is 46.5 Å². The Morgan fingerprint density at radius 1 is 0.955 bits per heavy atom. The second-order valence-electron chi connectivity index (χ2n) is 10.3. The topological polar surface area (TPSA) is 98.6 Å². The molecule has 1 fully saturated rings. The van der Waals surface area contributed by atoms with Gasteiger partial charge in [-0.25, -0.2) is 4.39 Å². The molecular formula is C32H25BF3N5O3. The van der Waals surface area contributed by atoms with E-state index in [-0.39, 0.29) is 36.2 Å². The number of carbonyl (C=O) groups is 2. The van der Waals surface area contributed by atoms with E-state index in [1.807, 2.05) is 0 Å². The van der Waals surface area contributed by atoms with E-state index in [0.29, 0.717) is 22.4 Å². The summed E-state index contributed by atoms with van der Waals surface area (Å²) in [5.41, 5.74) is 1.14. The minimum atomic E-state index is -1.62. The van der Waals surface area contributed by atoms with Crippen molar-refractivity contribution in [2.45, 2.75) is 25.6 Å². The van der Waals surface area contributed by atoms with Crippen LogP contribution in [0, 0.1) is 35.9 Å². The Morgan fingerprint density at radius 2 is 1.50 bits per heavy atom. The van der Waals surface area contributed by atoms with Gasteiger partial charge >= 0.3 is 242 Å². The molecule has 3 aromatic carbocycles. The number of hydrogen-bond donors (Lipinski definition) is 1. The van der Waals surface area contributed by atoms with Crippen LogP contribution in [0.25, 0.3) is 0 Å². The first-order valence-electron chi connectivity index (χ1n) is 13.5. The number of aromatic nitrogens is 1. The van der Waals surface area contributed by atoms with Crippen LogP contribution in [0.3, 0.4) is 0 Å². The third-order valence-electron chi connectivity index (χ3n) is 7.20. The fourth-order valence-corrected chi connectivity index (χ4v) is 5.17. The van der Waals surface area contributed by atoms with Crippen molar-refractivity contribution in [3.05, 3.63) is 136 Å². The number of rotatable bonds is 8. The van der Waals surface area contributed by atoms with Crippen LogP contribution in [0.15, 0.2) is 84.9 Å². The Kier molecular flexibility index (Phi) is 8.49. The molecule has 0 bridgehead atoms. The molecule has 8 nitrogen and oxygen atoms in total. The number of nitriles is 1. The molecule has 1 aromatic heterocycles. The van der Waals surface area contributed by atoms with Crippen molar-refractivity contribution in [3.63, 3.8) is 0 Å². The van der Waals surface area contributed by atoms with Gasteiger partial charge in [0.05, 0.1) is 0 Å². The van der Waals surface area contributed by atoms with Gasteiger partial charge in [-0.15, -0.1) is 0 Å². The molecule has 220 valence electrons. The summed E-state index contributed by atoms with van der Waals surface area (Å²) in [7, 11) is 2.67. The summed E-state index contributed by atoms with van der Waals surface area (Å²) >= 11 is 0. The summed E-state index contributed by atoms with van der Waals surface area (Å²) in [6.07, 6.45) is 1.55. The van der Waals surface area contributed by atoms with E-state index in [2.05, 4.69) is 10.3 Å². The molecule has 12 heteroatoms. The molecule has 1 aliphatic heterocycles. The van der Waals surface area contributed by atoms with Crippen LogP contribution in [0.1, 0.15) is 38.4 Å². The first-order valence-corrected chi connectivity index (χ1v) is 13.5. The molecule has 4 aromatic rings. The number of amides is 2. The number of pyridine rings is 1. The van der Waals surface area contributed by atoms with E-state index in [9.17, 15) is 22.8 Å². The van der Waals surface area contributed by atoms with Gasteiger partial charge < -0.3 is 0 Å². The van der Waals surface area contributed by atoms with E-state index >= 15 is 0 Å². The standard InChI is InChI=1S/C32H25BF3N5O3/c1-20-15-22(16-28(38-20)29(42)40(2)17-21-3-9-25(34)10-4-21)18-41-30(43)32(39-31(41)33-44-19-37,23-5-11-26(35)12-6-23)24-7-13-27(36)14-8-24/h3-16,39H,17-18H2,1-2H3. The first-order chi connectivity index (χ1) is 21.1. The molecule has 2 amide bonds. The van der Waals surface area contributed by atoms with Crippen LogP contribution in [0.5, 0.6) is 0 Å². The van der Waals surface area contributed by atoms with Gasteiger partial charge in [-0.3, -0.25) is 0 Å². The summed E-state index contributed by atoms with van der Waals surface area (Å²) in [6, 6.07) is 19.7. The fraction of sp³-hybridized carbons (Fsp3) is 0.156. The van der Waals surface area contributed by atoms with E-state index in [1.54, 1.807) is 44.5 Å². The maximum absolute atomic E-state index is 14.4. The number of hydrogen-bond acceptors (Lipinski definition) is 6. The Labute approximate surface area is 252 Å². The zero-order valence-electron chi connectivity index (χ0n) is 23.7. The maximum atomic E-state index is 14.4. The van der Waals surface area contributed by atoms with Crippen molar-refractivity contribution >= 4 is 24.6 Å². The molecule has 0 aliphatic carbocycles. The van der Waals surface area contributed by atoms with Gasteiger partial charge in [0.15, 0.2) is 0 Å². The van der Waals surface area contributed by atoms with Crippen molar-refractivity contribution < 1.29 is 27.4 Å². The molecular weight excluding hydrogens is 570 g/mol. The normalized spacial score (nSPS) is 14.5. The van der Waals surface area contributed by atoms with Crippen LogP contribution in [0.4, 0.5) is 13.2 Å². The summed E-state index contributed by atoms with van der Waals surface area (Å²) in [5.74, 6) is -2.31. The molecule has 0 spiro atoms. The van der Waals surface area contributed by atoms with E-state index in [1.165, 1.54) is 70.5 Å². The van der Waals surface area contributed by atoms with Crippen molar-refractivity contribution in [1.82, 2.24) is 20.1 Å². The van der Waals surface area contributed by atoms with Crippen molar-refractivity contribution in [1.29, 1.82) is 5.26 Å². The zero-order valence-corrected chi connectivity index (χ0v) is 23.7. The van der Waals surface area contributed by atoms with E-state index < -0.39 is 23.1 Å². The van der Waals surface area contributed by atoms with Crippen molar-refractivity contribution in [2.75, 3.05) is 7.05 Å². The second-order valence-corrected chi connectivity index (χ2v) is 10.3. The van der Waals surface area contributed by atoms with Gasteiger partial charge in [-0.2, -0.15) is 0 Å². The molecule has 5 rings (SSSR count). The summed E-state index contributed by atoms with van der Waals surface area (Å²) < 4.78 is 46.0. The molecule has 0 saturated carbocycles. The van der Waals surface area contributed by atoms with Gasteiger partial charge in [0.1, 0.15) is 5.82 Å². The Bertz CT molecular complexity index is 1730. The average Bonchev–Trinajstić information content (AvgIpc) is 3.28. The number of carbonyl (C=O) groups excluding carboxylic acids is 2. The Hall–Kier alpha value is -5.44. The molecule has 1 N–H and O–H groups in total. The first kappa shape index (κ1) is 30.0. The third-order valence-corrected chi connectivity index (χ3v) is 7.20. The second kappa shape index (κ2) is 12.4. The predicted molar refractivity (Wildman–Crippen MR) is 156 cm³/mol. The average molecular weight is 595 g/mol. The number of aryl methyl sites for hydroxylation is 1. The molecule has 2 heterocycles. The van der Waals surface area contributed by atoms with Gasteiger partial charge in [-0.1, -0.05) is 0 Å². The molecule has 0 radical (unpaired) electrons. The third kappa shape index (κ3) is 6.03. The molecule has 44 heavy (non-hydrogen) atoms. The zero-order chi connectivity index (χ0) is 31.4. The summed E-state index contributed by atoms with van der Waals surface area (Å²) in [4.78, 5) is 34.9. The fourth-order valence-electron chi connectivity index (χ4n) is 5.17. The van der Waals surface area contributed by atoms with Crippen LogP contribution in [-0.2, 0) is 28.1 Å². The number of halogens is 3. The van der Waals surface area contributed by atoms with Crippen molar-refractivity contribution in [3.8, 4) is 6.26 Å². The van der Waals surface area contributed by atoms with Gasteiger partial charge in [0, 0.05) is 0 Å². The predicted octanol–water partition coefficient (Wildman–Crippen LogP) is 4.16. The quantitative estimate of drug-likeness (QED) is 0.243. The molecule has 1 aliphatic rings. The molecule has 0 unspecified atom stereocenters. The Morgan fingerprint density at radius 3 is 2.05 bits per heavy atom. The van der Waals surface area contributed by atoms with Crippen LogP contribution < -0.4 is 5.32 Å². The van der Waals surface area contributed by atoms with E-state index in [0.717, 1.165) is 12.7 Å². The summed E-state index contributed by atoms with van der Waals surface area (Å²) in [5, 5.41) is 12.2. The number of nitrogens with zero attached hydrogens (tertiary/aromatic N) is 4. The van der Waals surface area contributed by atoms with Gasteiger partial charge in [0.25, 0.3) is 0 Å². The SMILES string of the molecule is Cc1cc(CN2C(=O)C(c3ccc(F)cc3)(c3ccc(F)cc3)NC2=BOC#N)cc(C(=O)N(C)Cc2ccc(F)cc2)n1. The van der Waals surface area contributed by atoms with Crippen molar-refractivity contribution in [2.24, 2.45) is 0 Å². The molecule has 1 saturated heterocycles. The van der Waals surface area contributed by atoms with E-state index in [4.69, 9.17) is 9.92 Å². The van der Waals surface area contributed by atoms with Crippen LogP contribution >= 0.6 is 0 Å². The minimum absolute atomic E-state index is 0.0675. The monoisotopic (exact) mass is 595 g/mol. The van der Waals surface area contributed by atoms with Crippen LogP contribution in [0.2, 0.25) is 0 Å². The van der Waals surface area contributed by atoms with Gasteiger partial charge in [-0.05, 0) is 0 Å². The molecule has 0 atom stereocenters. The summed E-state index contributed by atoms with van der Waals surface area (Å²) in [6.45, 7) is 1.86. The Balaban J connectivity index is 1.51. The number of benzene rings is 3. The van der Waals surface area contributed by atoms with Gasteiger partial charge in [0.2, 0.25) is 0 Å².